The lowest BCUT2D eigenvalue weighted by Crippen LogP contribution is -2.29. The van der Waals surface area contributed by atoms with Gasteiger partial charge in [0.15, 0.2) is 0 Å². The standard InChI is InChI=1S/C9H11ClO2S/c1-9(2,8(11)12-3)6-4-5-7(10)13-6/h4-5H,1-3H3. The lowest BCUT2D eigenvalue weighted by molar-refractivity contribution is -0.146. The van der Waals surface area contributed by atoms with E-state index in [2.05, 4.69) is 0 Å². The van der Waals surface area contributed by atoms with Crippen LogP contribution >= 0.6 is 22.9 Å². The summed E-state index contributed by atoms with van der Waals surface area (Å²) in [7, 11) is 1.39. The maximum Gasteiger partial charge on any atom is 0.316 e. The number of thiophene rings is 1. The van der Waals surface area contributed by atoms with Crippen LogP contribution in [0.5, 0.6) is 0 Å². The highest BCUT2D eigenvalue weighted by Gasteiger charge is 2.32. The average Bonchev–Trinajstić information content (AvgIpc) is 2.50. The smallest absolute Gasteiger partial charge is 0.316 e. The van der Waals surface area contributed by atoms with Gasteiger partial charge in [-0.05, 0) is 26.0 Å². The molecule has 0 saturated carbocycles. The fraction of sp³-hybridized carbons (Fsp3) is 0.444. The predicted molar refractivity (Wildman–Crippen MR) is 54.4 cm³/mol. The molecule has 0 atom stereocenters. The first-order chi connectivity index (χ1) is 5.98. The summed E-state index contributed by atoms with van der Waals surface area (Å²) in [5.74, 6) is -0.244. The SMILES string of the molecule is COC(=O)C(C)(C)c1ccc(Cl)s1. The van der Waals surface area contributed by atoms with Gasteiger partial charge in [-0.1, -0.05) is 11.6 Å². The van der Waals surface area contributed by atoms with Crippen LogP contribution in [0.25, 0.3) is 0 Å². The number of hydrogen-bond acceptors (Lipinski definition) is 3. The minimum absolute atomic E-state index is 0.244. The second-order valence-corrected chi connectivity index (χ2v) is 4.94. The van der Waals surface area contributed by atoms with E-state index in [9.17, 15) is 4.79 Å². The van der Waals surface area contributed by atoms with Crippen molar-refractivity contribution in [2.75, 3.05) is 7.11 Å². The Kier molecular flexibility index (Phi) is 2.98. The summed E-state index contributed by atoms with van der Waals surface area (Å²) in [6.07, 6.45) is 0. The third kappa shape index (κ3) is 2.03. The highest BCUT2D eigenvalue weighted by atomic mass is 35.5. The number of ether oxygens (including phenoxy) is 1. The maximum atomic E-state index is 11.4. The molecule has 13 heavy (non-hydrogen) atoms. The molecule has 0 aliphatic rings. The first-order valence-electron chi connectivity index (χ1n) is 3.82. The molecule has 0 fully saturated rings. The summed E-state index contributed by atoms with van der Waals surface area (Å²) in [5.41, 5.74) is -0.605. The van der Waals surface area contributed by atoms with Crippen molar-refractivity contribution in [3.05, 3.63) is 21.3 Å². The third-order valence-electron chi connectivity index (χ3n) is 1.88. The molecule has 0 amide bonds. The molecule has 2 nitrogen and oxygen atoms in total. The maximum absolute atomic E-state index is 11.4. The summed E-state index contributed by atoms with van der Waals surface area (Å²) in [6.45, 7) is 3.64. The molecule has 1 aromatic rings. The molecule has 0 saturated heterocycles. The van der Waals surface area contributed by atoms with Crippen molar-refractivity contribution in [1.29, 1.82) is 0 Å². The van der Waals surface area contributed by atoms with E-state index in [-0.39, 0.29) is 5.97 Å². The normalized spacial score (nSPS) is 11.4. The summed E-state index contributed by atoms with van der Waals surface area (Å²) >= 11 is 7.18. The van der Waals surface area contributed by atoms with E-state index in [1.165, 1.54) is 18.4 Å². The van der Waals surface area contributed by atoms with Gasteiger partial charge >= 0.3 is 5.97 Å². The fourth-order valence-electron chi connectivity index (χ4n) is 1.01. The Hall–Kier alpha value is -0.540. The molecular formula is C9H11ClO2S. The summed E-state index contributed by atoms with van der Waals surface area (Å²) in [5, 5.41) is 0. The topological polar surface area (TPSA) is 26.3 Å². The van der Waals surface area contributed by atoms with Crippen molar-refractivity contribution >= 4 is 28.9 Å². The number of carbonyl (C=O) groups excluding carboxylic acids is 1. The number of carbonyl (C=O) groups is 1. The zero-order valence-electron chi connectivity index (χ0n) is 7.76. The number of rotatable bonds is 2. The van der Waals surface area contributed by atoms with Gasteiger partial charge in [0, 0.05) is 4.88 Å². The summed E-state index contributed by atoms with van der Waals surface area (Å²) in [4.78, 5) is 12.3. The largest absolute Gasteiger partial charge is 0.468 e. The Balaban J connectivity index is 2.99. The number of halogens is 1. The van der Waals surface area contributed by atoms with Gasteiger partial charge in [0.1, 0.15) is 0 Å². The van der Waals surface area contributed by atoms with Gasteiger partial charge in [-0.25, -0.2) is 0 Å². The van der Waals surface area contributed by atoms with Gasteiger partial charge in [0.25, 0.3) is 0 Å². The van der Waals surface area contributed by atoms with Crippen molar-refractivity contribution in [3.63, 3.8) is 0 Å². The van der Waals surface area contributed by atoms with Crippen LogP contribution in [-0.4, -0.2) is 13.1 Å². The van der Waals surface area contributed by atoms with Crippen LogP contribution in [0.4, 0.5) is 0 Å². The number of hydrogen-bond donors (Lipinski definition) is 0. The fourth-order valence-corrected chi connectivity index (χ4v) is 2.14. The van der Waals surface area contributed by atoms with Crippen LogP contribution in [0.3, 0.4) is 0 Å². The Bertz CT molecular complexity index is 317. The average molecular weight is 219 g/mol. The highest BCUT2D eigenvalue weighted by Crippen LogP contribution is 2.33. The van der Waals surface area contributed by atoms with Gasteiger partial charge in [-0.2, -0.15) is 0 Å². The van der Waals surface area contributed by atoms with E-state index in [1.54, 1.807) is 6.07 Å². The van der Waals surface area contributed by atoms with E-state index in [4.69, 9.17) is 16.3 Å². The van der Waals surface area contributed by atoms with Crippen molar-refractivity contribution in [3.8, 4) is 0 Å². The van der Waals surface area contributed by atoms with E-state index in [0.717, 1.165) is 4.88 Å². The minimum Gasteiger partial charge on any atom is -0.468 e. The Morgan fingerprint density at radius 2 is 2.15 bits per heavy atom. The minimum atomic E-state index is -0.605. The molecular weight excluding hydrogens is 208 g/mol. The van der Waals surface area contributed by atoms with Crippen LogP contribution in [0, 0.1) is 0 Å². The molecule has 4 heteroatoms. The first kappa shape index (κ1) is 10.5. The van der Waals surface area contributed by atoms with Crippen LogP contribution in [0.15, 0.2) is 12.1 Å². The van der Waals surface area contributed by atoms with E-state index < -0.39 is 5.41 Å². The Labute approximate surface area is 86.5 Å². The van der Waals surface area contributed by atoms with Crippen LogP contribution in [0.1, 0.15) is 18.7 Å². The molecule has 0 aliphatic carbocycles. The van der Waals surface area contributed by atoms with Crippen molar-refractivity contribution in [2.24, 2.45) is 0 Å². The van der Waals surface area contributed by atoms with E-state index in [0.29, 0.717) is 4.34 Å². The van der Waals surface area contributed by atoms with Crippen molar-refractivity contribution in [2.45, 2.75) is 19.3 Å². The monoisotopic (exact) mass is 218 g/mol. The molecule has 1 aromatic heterocycles. The van der Waals surface area contributed by atoms with Gasteiger partial charge in [0.05, 0.1) is 16.9 Å². The number of methoxy groups -OCH3 is 1. The molecule has 0 aromatic carbocycles. The molecule has 0 bridgehead atoms. The van der Waals surface area contributed by atoms with Gasteiger partial charge in [-0.3, -0.25) is 4.79 Å². The summed E-state index contributed by atoms with van der Waals surface area (Å²) in [6, 6.07) is 3.64. The predicted octanol–water partition coefficient (Wildman–Crippen LogP) is 2.85. The number of esters is 1. The first-order valence-corrected chi connectivity index (χ1v) is 5.02. The molecule has 0 spiro atoms. The van der Waals surface area contributed by atoms with Crippen molar-refractivity contribution in [1.82, 2.24) is 0 Å². The zero-order chi connectivity index (χ0) is 10.1. The van der Waals surface area contributed by atoms with E-state index >= 15 is 0 Å². The Morgan fingerprint density at radius 3 is 2.54 bits per heavy atom. The molecule has 0 unspecified atom stereocenters. The van der Waals surface area contributed by atoms with Gasteiger partial charge < -0.3 is 4.74 Å². The van der Waals surface area contributed by atoms with Gasteiger partial charge in [0.2, 0.25) is 0 Å². The van der Waals surface area contributed by atoms with Crippen LogP contribution in [0.2, 0.25) is 4.34 Å². The third-order valence-corrected chi connectivity index (χ3v) is 3.44. The second-order valence-electron chi connectivity index (χ2n) is 3.22. The van der Waals surface area contributed by atoms with Crippen molar-refractivity contribution < 1.29 is 9.53 Å². The van der Waals surface area contributed by atoms with Gasteiger partial charge in [-0.15, -0.1) is 11.3 Å². The quantitative estimate of drug-likeness (QED) is 0.714. The molecule has 1 rings (SSSR count). The van der Waals surface area contributed by atoms with Crippen LogP contribution < -0.4 is 0 Å². The molecule has 0 N–H and O–H groups in total. The summed E-state index contributed by atoms with van der Waals surface area (Å²) < 4.78 is 5.39. The Morgan fingerprint density at radius 1 is 1.54 bits per heavy atom. The second kappa shape index (κ2) is 3.68. The van der Waals surface area contributed by atoms with Crippen LogP contribution in [-0.2, 0) is 14.9 Å². The molecule has 72 valence electrons. The lowest BCUT2D eigenvalue weighted by Gasteiger charge is -2.19. The van der Waals surface area contributed by atoms with E-state index in [1.807, 2.05) is 19.9 Å². The zero-order valence-corrected chi connectivity index (χ0v) is 9.33. The highest BCUT2D eigenvalue weighted by molar-refractivity contribution is 7.16. The lowest BCUT2D eigenvalue weighted by atomic mass is 9.92. The molecule has 0 aliphatic heterocycles. The molecule has 0 radical (unpaired) electrons. The molecule has 1 heterocycles.